The topological polar surface area (TPSA) is 359 Å². The van der Waals surface area contributed by atoms with Gasteiger partial charge in [-0.05, 0) is 62.6 Å². The normalized spacial score (nSPS) is 16.6. The molecule has 4 heterocycles. The molecule has 0 spiro atoms. The number of carboxylic acid groups (broad SMARTS) is 6. The van der Waals surface area contributed by atoms with Crippen molar-refractivity contribution < 1.29 is 72.2 Å². The van der Waals surface area contributed by atoms with Crippen molar-refractivity contribution >= 4 is 103 Å². The van der Waals surface area contributed by atoms with E-state index in [2.05, 4.69) is 44.9 Å². The first-order chi connectivity index (χ1) is 32.1. The van der Waals surface area contributed by atoms with Crippen LogP contribution in [0.15, 0.2) is 84.2 Å². The quantitative estimate of drug-likeness (QED) is 0.0814. The molecule has 68 heavy (non-hydrogen) atoms. The van der Waals surface area contributed by atoms with E-state index < -0.39 is 51.7 Å². The zero-order valence-electron chi connectivity index (χ0n) is 35.5. The number of carboxylic acids is 6. The fraction of sp³-hybridized carbons (Fsp3) is 0.268. The highest BCUT2D eigenvalue weighted by molar-refractivity contribution is 7.93. The summed E-state index contributed by atoms with van der Waals surface area (Å²) in [6, 6.07) is 7.95. The van der Waals surface area contributed by atoms with Crippen molar-refractivity contribution in [3.05, 3.63) is 90.2 Å². The number of aliphatic carboxylic acids is 6. The maximum Gasteiger partial charge on any atom is 0.328 e. The lowest BCUT2D eigenvalue weighted by molar-refractivity contribution is -0.134. The average molecular weight is 1000 g/mol. The molecular weight excluding hydrogens is 961 g/mol. The van der Waals surface area contributed by atoms with E-state index in [-0.39, 0.29) is 32.7 Å². The Kier molecular flexibility index (Phi) is 19.1. The Hall–Kier alpha value is -7.39. The van der Waals surface area contributed by atoms with Gasteiger partial charge >= 0.3 is 35.8 Å². The molecule has 0 radical (unpaired) electrons. The number of nitrogens with zero attached hydrogens (tertiary/aromatic N) is 7. The number of hydrogen-bond donors (Lipinski definition) is 8. The molecule has 0 unspecified atom stereocenters. The van der Waals surface area contributed by atoms with Gasteiger partial charge in [0.05, 0.1) is 27.8 Å². The third kappa shape index (κ3) is 15.3. The number of nitrogens with one attached hydrogen (secondary N) is 1. The zero-order valence-corrected chi connectivity index (χ0v) is 37.9. The van der Waals surface area contributed by atoms with Crippen molar-refractivity contribution in [2.45, 2.75) is 42.7 Å². The Balaban J connectivity index is 0.000000346. The van der Waals surface area contributed by atoms with Gasteiger partial charge in [-0.3, -0.25) is 9.62 Å². The molecule has 5 aromatic rings. The Morgan fingerprint density at radius 3 is 1.75 bits per heavy atom. The van der Waals surface area contributed by atoms with E-state index >= 15 is 4.39 Å². The molecule has 0 amide bonds. The van der Waals surface area contributed by atoms with Crippen LogP contribution in [-0.2, 0) is 38.8 Å². The van der Waals surface area contributed by atoms with E-state index in [0.29, 0.717) is 70.5 Å². The number of sulfonamides is 1. The van der Waals surface area contributed by atoms with Gasteiger partial charge in [-0.15, -0.1) is 0 Å². The van der Waals surface area contributed by atoms with Gasteiger partial charge in [-0.1, -0.05) is 17.7 Å². The molecule has 1 saturated carbocycles. The summed E-state index contributed by atoms with van der Waals surface area (Å²) < 4.78 is 54.7. The van der Waals surface area contributed by atoms with E-state index in [9.17, 15) is 37.2 Å². The lowest BCUT2D eigenvalue weighted by atomic mass is 9.89. The van der Waals surface area contributed by atoms with Gasteiger partial charge in [0.25, 0.3) is 10.0 Å². The van der Waals surface area contributed by atoms with Crippen LogP contribution in [0.3, 0.4) is 0 Å². The number of piperazine rings is 1. The summed E-state index contributed by atoms with van der Waals surface area (Å²) in [7, 11) is -2.01. The number of nitrogens with two attached hydrogens (primary N) is 1. The van der Waals surface area contributed by atoms with Crippen molar-refractivity contribution in [1.29, 1.82) is 0 Å². The van der Waals surface area contributed by atoms with Gasteiger partial charge in [-0.25, -0.2) is 51.5 Å². The zero-order chi connectivity index (χ0) is 50.3. The van der Waals surface area contributed by atoms with Crippen molar-refractivity contribution in [2.75, 3.05) is 43.7 Å². The smallest absolute Gasteiger partial charge is 0.328 e. The molecule has 2 aliphatic rings. The summed E-state index contributed by atoms with van der Waals surface area (Å²) in [5.41, 5.74) is 8.51. The molecule has 1 aliphatic heterocycles. The number of anilines is 2. The first kappa shape index (κ1) is 53.2. The molecule has 3 aromatic heterocycles. The minimum atomic E-state index is -4.19. The van der Waals surface area contributed by atoms with Crippen LogP contribution in [0, 0.1) is 5.82 Å². The highest BCUT2D eigenvalue weighted by Crippen LogP contribution is 2.40. The first-order valence-corrected chi connectivity index (χ1v) is 22.4. The number of carbonyl (C=O) groups is 6. The average Bonchev–Trinajstić information content (AvgIpc) is 3.94. The Labute approximate surface area is 394 Å². The second-order valence-corrected chi connectivity index (χ2v) is 17.1. The third-order valence-corrected chi connectivity index (χ3v) is 12.2. The molecule has 2 fully saturated rings. The Morgan fingerprint density at radius 2 is 1.25 bits per heavy atom. The Bertz CT molecular complexity index is 2750. The SMILES string of the molecule is CN1CCN(C2CCC(n3cc(-c4ccc(NS(=O)(=O)c5ccc(Cl)c6nsnc56)c(F)c4)c4c(N)ncnc43)CC2)CC1.O=C(O)/C=C\C(=O)O.O=C(O)/C=C\C(=O)O.O=C(O)/C=C\C(=O)O. The van der Waals surface area contributed by atoms with Crippen LogP contribution >= 0.6 is 23.3 Å². The summed E-state index contributed by atoms with van der Waals surface area (Å²) in [4.78, 5) is 71.0. The number of halogens is 2. The predicted molar refractivity (Wildman–Crippen MR) is 244 cm³/mol. The van der Waals surface area contributed by atoms with Crippen LogP contribution in [0.2, 0.25) is 5.02 Å². The molecule has 0 bridgehead atoms. The molecular formula is C41H43ClFN9O14S2. The fourth-order valence-corrected chi connectivity index (χ4v) is 9.00. The van der Waals surface area contributed by atoms with E-state index in [0.717, 1.165) is 63.6 Å². The van der Waals surface area contributed by atoms with Gasteiger partial charge in [0.1, 0.15) is 39.5 Å². The van der Waals surface area contributed by atoms with E-state index in [4.69, 9.17) is 48.0 Å². The van der Waals surface area contributed by atoms with E-state index in [1.54, 1.807) is 6.07 Å². The second kappa shape index (κ2) is 24.4. The van der Waals surface area contributed by atoms with Gasteiger partial charge in [0, 0.05) is 86.5 Å². The van der Waals surface area contributed by atoms with E-state index in [1.807, 2.05) is 6.20 Å². The summed E-state index contributed by atoms with van der Waals surface area (Å²) in [5.74, 6) is -7.97. The number of rotatable bonds is 12. The number of fused-ring (bicyclic) bond motifs is 2. The summed E-state index contributed by atoms with van der Waals surface area (Å²) in [5, 5.41) is 47.8. The van der Waals surface area contributed by atoms with Gasteiger partial charge in [0.15, 0.2) is 0 Å². The largest absolute Gasteiger partial charge is 0.478 e. The van der Waals surface area contributed by atoms with Crippen molar-refractivity contribution in [3.63, 3.8) is 0 Å². The molecule has 9 N–H and O–H groups in total. The van der Waals surface area contributed by atoms with Crippen LogP contribution in [0.5, 0.6) is 0 Å². The molecule has 23 nitrogen and oxygen atoms in total. The van der Waals surface area contributed by atoms with Crippen molar-refractivity contribution in [1.82, 2.24) is 33.1 Å². The lowest BCUT2D eigenvalue weighted by Crippen LogP contribution is -2.49. The minimum absolute atomic E-state index is 0.132. The molecule has 2 aromatic carbocycles. The van der Waals surface area contributed by atoms with Crippen LogP contribution in [-0.4, -0.2) is 147 Å². The number of likely N-dealkylation sites (N-methyl/N-ethyl adjacent to an activating group) is 1. The van der Waals surface area contributed by atoms with Gasteiger partial charge in [-0.2, -0.15) is 8.75 Å². The van der Waals surface area contributed by atoms with Crippen LogP contribution in [0.1, 0.15) is 31.7 Å². The highest BCUT2D eigenvalue weighted by atomic mass is 35.5. The molecule has 0 atom stereocenters. The standard InChI is InChI=1S/C29H31ClFN9O2S2.3C4H4O4/c1-38-10-12-39(13-11-38)18-3-5-19(6-4-18)40-15-20(25-28(32)33-16-34-29(25)40)17-2-8-23(22(31)14-17)37-44(41,42)24-9-7-21(30)26-27(24)36-43-35-26;3*5-3(6)1-2-4(7)8/h2,7-9,14-16,18-19,37H,3-6,10-13H2,1H3,(H2,32,33,34);3*1-2H,(H,5,6)(H,7,8)/b;3*2-1-. The number of aromatic nitrogens is 5. The monoisotopic (exact) mass is 1000 g/mol. The maximum atomic E-state index is 15.6. The van der Waals surface area contributed by atoms with E-state index in [1.165, 1.54) is 30.6 Å². The van der Waals surface area contributed by atoms with Crippen molar-refractivity contribution in [2.24, 2.45) is 0 Å². The predicted octanol–water partition coefficient (Wildman–Crippen LogP) is 4.15. The van der Waals surface area contributed by atoms with Gasteiger partial charge in [0.2, 0.25) is 0 Å². The number of benzene rings is 2. The second-order valence-electron chi connectivity index (χ2n) is 14.5. The third-order valence-electron chi connectivity index (χ3n) is 10.0. The molecule has 1 saturated heterocycles. The molecule has 362 valence electrons. The molecule has 27 heteroatoms. The van der Waals surface area contributed by atoms with Gasteiger partial charge < -0.3 is 45.8 Å². The first-order valence-electron chi connectivity index (χ1n) is 19.8. The lowest BCUT2D eigenvalue weighted by Gasteiger charge is -2.41. The highest BCUT2D eigenvalue weighted by Gasteiger charge is 2.30. The Morgan fingerprint density at radius 1 is 0.750 bits per heavy atom. The van der Waals surface area contributed by atoms with Crippen molar-refractivity contribution in [3.8, 4) is 11.1 Å². The number of hydrogen-bond acceptors (Lipinski definition) is 16. The number of nitrogen functional groups attached to an aromatic ring is 1. The maximum absolute atomic E-state index is 15.6. The molecule has 7 rings (SSSR count). The molecule has 1 aliphatic carbocycles. The van der Waals surface area contributed by atoms with Crippen LogP contribution in [0.25, 0.3) is 33.2 Å². The summed E-state index contributed by atoms with van der Waals surface area (Å²) >= 11 is 6.98. The fourth-order valence-electron chi connectivity index (χ4n) is 6.92. The minimum Gasteiger partial charge on any atom is -0.478 e. The van der Waals surface area contributed by atoms with Crippen LogP contribution in [0.4, 0.5) is 15.9 Å². The summed E-state index contributed by atoms with van der Waals surface area (Å²) in [6.45, 7) is 4.42. The summed E-state index contributed by atoms with van der Waals surface area (Å²) in [6.07, 6.45) is 11.0. The van der Waals surface area contributed by atoms with Crippen LogP contribution < -0.4 is 10.5 Å².